The summed E-state index contributed by atoms with van der Waals surface area (Å²) < 4.78 is 177. The summed E-state index contributed by atoms with van der Waals surface area (Å²) >= 11 is 0. The molecule has 6 atom stereocenters. The molecule has 1 aliphatic rings. The Morgan fingerprint density at radius 2 is 0.500 bits per heavy atom. The van der Waals surface area contributed by atoms with Crippen molar-refractivity contribution in [3.8, 4) is 0 Å². The fraction of sp³-hybridized carbons (Fsp3) is 0.417. The van der Waals surface area contributed by atoms with Gasteiger partial charge in [-0.15, -0.1) is 0 Å². The molecule has 1 N–H and O–H groups in total. The normalized spacial score (nSPS) is 16.4. The van der Waals surface area contributed by atoms with Crippen LogP contribution >= 0.6 is 31.3 Å². The second-order valence-corrected chi connectivity index (χ2v) is 40.4. The second kappa shape index (κ2) is 61.5. The van der Waals surface area contributed by atoms with Crippen molar-refractivity contribution in [2.45, 2.75) is 263 Å². The molecule has 10 aromatic carbocycles. The topological polar surface area (TPSA) is 279 Å². The first-order chi connectivity index (χ1) is 66.6. The van der Waals surface area contributed by atoms with E-state index in [1.807, 2.05) is 42.5 Å². The Morgan fingerprint density at radius 3 is 0.794 bits per heavy atom. The summed E-state index contributed by atoms with van der Waals surface area (Å²) in [6, 6.07) is 88.8. The number of unbranched alkanes of at least 4 members (excludes halogenated alkanes) is 20. The summed E-state index contributed by atoms with van der Waals surface area (Å²) in [5.74, 6) is -1.13. The van der Waals surface area contributed by atoms with Crippen LogP contribution in [0.2, 0.25) is 0 Å². The molecule has 5 unspecified atom stereocenters. The maximum Gasteiger partial charge on any atom is 0.475 e. The Kier molecular flexibility index (Phi) is 48.7. The van der Waals surface area contributed by atoms with Crippen LogP contribution in [0.25, 0.3) is 0 Å². The van der Waals surface area contributed by atoms with Crippen LogP contribution in [-0.2, 0) is 161 Å². The van der Waals surface area contributed by atoms with Crippen molar-refractivity contribution in [2.75, 3.05) is 26.3 Å². The SMILES string of the molecule is CCCCCCCCCCCCCCCC(=O)O[C@H](COC(=O)CCCCCCCCCCCNCC(=O)c1ccccc1)COP(=O)(OCc1ccccc1)OC1C(OCc2ccccc2)C(OP(=O)(OCc2ccccc2)OCc2ccccc2)C(OP(=O)(OCc2ccccc2)OCc2ccccc2)C(OP(=O)(OCc2ccccc2)OCc2ccccc2)C1OCc1ccccc1. The number of Topliss-reactive ketones (excluding diaryl/α,β-unsaturated/α-hetero) is 1. The molecule has 136 heavy (non-hydrogen) atoms. The first-order valence-corrected chi connectivity index (χ1v) is 53.9. The van der Waals surface area contributed by atoms with Crippen molar-refractivity contribution in [3.63, 3.8) is 0 Å². The molecule has 11 rings (SSSR count). The highest BCUT2D eigenvalue weighted by Gasteiger charge is 2.63. The quantitative estimate of drug-likeness (QED) is 0.0160. The van der Waals surface area contributed by atoms with Gasteiger partial charge in [-0.2, -0.15) is 0 Å². The Hall–Kier alpha value is -8.87. The third-order valence-electron chi connectivity index (χ3n) is 22.9. The van der Waals surface area contributed by atoms with Crippen molar-refractivity contribution in [1.82, 2.24) is 5.32 Å². The zero-order chi connectivity index (χ0) is 95.1. The van der Waals surface area contributed by atoms with Gasteiger partial charge in [0.05, 0.1) is 72.6 Å². The molecule has 28 heteroatoms. The molecule has 0 aliphatic heterocycles. The highest BCUT2D eigenvalue weighted by molar-refractivity contribution is 7.49. The Bertz CT molecular complexity index is 4830. The number of rotatable bonds is 70. The molecule has 730 valence electrons. The van der Waals surface area contributed by atoms with Gasteiger partial charge in [-0.25, -0.2) is 18.3 Å². The van der Waals surface area contributed by atoms with Crippen LogP contribution < -0.4 is 5.32 Å². The predicted molar refractivity (Wildman–Crippen MR) is 525 cm³/mol. The largest absolute Gasteiger partial charge is 0.475 e. The number of esters is 2. The lowest BCUT2D eigenvalue weighted by Crippen LogP contribution is -2.67. The minimum absolute atomic E-state index is 0.00607. The lowest BCUT2D eigenvalue weighted by atomic mass is 9.84. The molecule has 0 bridgehead atoms. The van der Waals surface area contributed by atoms with Crippen molar-refractivity contribution < 1.29 is 106 Å². The summed E-state index contributed by atoms with van der Waals surface area (Å²) in [4.78, 5) is 41.1. The molecule has 0 heterocycles. The van der Waals surface area contributed by atoms with Crippen LogP contribution in [0.15, 0.2) is 303 Å². The van der Waals surface area contributed by atoms with Crippen LogP contribution in [0.5, 0.6) is 0 Å². The summed E-state index contributed by atoms with van der Waals surface area (Å²) in [5.41, 5.74) is 5.38. The number of phosphoric acid groups is 4. The monoisotopic (exact) mass is 1940 g/mol. The van der Waals surface area contributed by atoms with E-state index < -0.39 is 145 Å². The van der Waals surface area contributed by atoms with Crippen molar-refractivity contribution in [2.24, 2.45) is 0 Å². The van der Waals surface area contributed by atoms with Crippen LogP contribution in [0.3, 0.4) is 0 Å². The van der Waals surface area contributed by atoms with E-state index in [0.29, 0.717) is 75.0 Å². The van der Waals surface area contributed by atoms with Gasteiger partial charge in [0, 0.05) is 18.4 Å². The molecule has 1 saturated carbocycles. The molecular formula is C108H135NO23P4. The standard InChI is InChI=1S/C108H135NO23P4/c1-2-3-4-5-6-7-8-9-10-12-16-19-52-75-102(112)128-99(87-117-101(111)74-51-18-15-13-11-14-17-20-53-76-109-77-100(110)98-72-49-30-50-73-98)88-127-136(116,126-86-97-70-47-29-48-71-97)129-105-103(118-78-89-54-31-21-32-55-89)106(130-133(113,120-80-91-58-35-23-36-59-91)121-81-92-60-37-24-38-61-92)108(132-135(115,124-84-95-66-43-27-44-67-95)125-85-96-68-45-28-46-69-96)107(104(105)119-79-90-56-33-22-34-57-90)131-134(114,122-82-93-62-39-25-40-63-93)123-83-94-64-41-26-42-65-94/h21-50,54-73,99,103-109H,2-20,51-53,74-88H2,1H3/t99-,103?,104?,105?,106?,107?,108?,136?/m1/s1. The first-order valence-electron chi connectivity index (χ1n) is 48.1. The van der Waals surface area contributed by atoms with E-state index in [1.165, 1.54) is 44.9 Å². The lowest BCUT2D eigenvalue weighted by molar-refractivity contribution is -0.241. The molecule has 10 aromatic rings. The Labute approximate surface area is 804 Å². The molecule has 0 saturated heterocycles. The third kappa shape index (κ3) is 40.9. The zero-order valence-corrected chi connectivity index (χ0v) is 81.8. The van der Waals surface area contributed by atoms with Gasteiger partial charge in [0.1, 0.15) is 43.2 Å². The minimum atomic E-state index is -5.51. The average molecular weight is 1940 g/mol. The zero-order valence-electron chi connectivity index (χ0n) is 78.3. The van der Waals surface area contributed by atoms with Gasteiger partial charge in [0.15, 0.2) is 11.9 Å². The van der Waals surface area contributed by atoms with Crippen molar-refractivity contribution in [3.05, 3.63) is 359 Å². The van der Waals surface area contributed by atoms with Gasteiger partial charge in [-0.05, 0) is 75.9 Å². The number of carbonyl (C=O) groups is 3. The molecule has 0 aromatic heterocycles. The second-order valence-electron chi connectivity index (χ2n) is 33.9. The van der Waals surface area contributed by atoms with Gasteiger partial charge < -0.3 is 24.3 Å². The van der Waals surface area contributed by atoms with Crippen LogP contribution in [-0.4, -0.2) is 86.8 Å². The maximum atomic E-state index is 17.4. The Balaban J connectivity index is 0.989. The summed E-state index contributed by atoms with van der Waals surface area (Å²) in [7, 11) is -21.5. The van der Waals surface area contributed by atoms with Gasteiger partial charge in [0.2, 0.25) is 0 Å². The van der Waals surface area contributed by atoms with Crippen LogP contribution in [0.4, 0.5) is 0 Å². The molecule has 24 nitrogen and oxygen atoms in total. The molecule has 0 spiro atoms. The summed E-state index contributed by atoms with van der Waals surface area (Å²) in [6.07, 6.45) is 8.28. The smallest absolute Gasteiger partial charge is 0.462 e. The predicted octanol–water partition coefficient (Wildman–Crippen LogP) is 27.0. The van der Waals surface area contributed by atoms with Gasteiger partial charge in [0.25, 0.3) is 0 Å². The van der Waals surface area contributed by atoms with Gasteiger partial charge in [-0.3, -0.25) is 68.7 Å². The van der Waals surface area contributed by atoms with E-state index in [-0.39, 0.29) is 31.8 Å². The lowest BCUT2D eigenvalue weighted by Gasteiger charge is -2.50. The number of phosphoric ester groups is 4. The van der Waals surface area contributed by atoms with E-state index in [1.54, 1.807) is 261 Å². The third-order valence-corrected chi connectivity index (χ3v) is 28.5. The number of ketones is 1. The van der Waals surface area contributed by atoms with E-state index in [0.717, 1.165) is 90.0 Å². The van der Waals surface area contributed by atoms with Crippen LogP contribution in [0.1, 0.15) is 221 Å². The highest BCUT2D eigenvalue weighted by Crippen LogP contribution is 2.63. The van der Waals surface area contributed by atoms with Crippen molar-refractivity contribution in [1.29, 1.82) is 0 Å². The molecule has 0 radical (unpaired) electrons. The Morgan fingerprint density at radius 1 is 0.265 bits per heavy atom. The van der Waals surface area contributed by atoms with Crippen molar-refractivity contribution >= 4 is 49.0 Å². The number of ether oxygens (including phenoxy) is 4. The first kappa shape index (κ1) is 108. The van der Waals surface area contributed by atoms with Gasteiger partial charge >= 0.3 is 43.2 Å². The number of hydrogen-bond donors (Lipinski definition) is 1. The fourth-order valence-corrected chi connectivity index (χ4v) is 20.8. The summed E-state index contributed by atoms with van der Waals surface area (Å²) in [6.45, 7) is -1.80. The number of hydrogen-bond acceptors (Lipinski definition) is 24. The van der Waals surface area contributed by atoms with Crippen LogP contribution in [0, 0.1) is 0 Å². The molecule has 0 amide bonds. The highest BCUT2D eigenvalue weighted by atomic mass is 31.2. The minimum Gasteiger partial charge on any atom is -0.462 e. The number of benzene rings is 10. The van der Waals surface area contributed by atoms with E-state index >= 15 is 18.3 Å². The molecular weight excluding hydrogens is 1800 g/mol. The summed E-state index contributed by atoms with van der Waals surface area (Å²) in [5, 5.41) is 3.28. The number of carbonyl (C=O) groups excluding carboxylic acids is 3. The van der Waals surface area contributed by atoms with E-state index in [9.17, 15) is 14.4 Å². The number of nitrogens with one attached hydrogen (secondary N) is 1. The molecule has 1 aliphatic carbocycles. The maximum absolute atomic E-state index is 17.4. The van der Waals surface area contributed by atoms with E-state index in [2.05, 4.69) is 12.2 Å². The fourth-order valence-electron chi connectivity index (χ4n) is 15.4. The van der Waals surface area contributed by atoms with Gasteiger partial charge in [-0.1, -0.05) is 432 Å². The van der Waals surface area contributed by atoms with E-state index in [4.69, 9.17) is 73.2 Å². The molecule has 1 fully saturated rings. The average Bonchev–Trinajstić information content (AvgIpc) is 0.738.